The average Bonchev–Trinajstić information content (AvgIpc) is 3.96. The fourth-order valence-electron chi connectivity index (χ4n) is 8.27. The molecular weight excluding hydrogens is 1020 g/mol. The van der Waals surface area contributed by atoms with Crippen LogP contribution < -0.4 is 21.3 Å². The summed E-state index contributed by atoms with van der Waals surface area (Å²) in [6.45, 7) is 10.5. The zero-order valence-electron chi connectivity index (χ0n) is 48.8. The number of nitrogens with one attached hydrogen (secondary N) is 5. The third-order valence-electron chi connectivity index (χ3n) is 13.4. The van der Waals surface area contributed by atoms with E-state index >= 15 is 0 Å². The fourth-order valence-corrected chi connectivity index (χ4v) is 8.27. The van der Waals surface area contributed by atoms with Crippen LogP contribution in [-0.4, -0.2) is 152 Å². The van der Waals surface area contributed by atoms with Crippen LogP contribution in [0.15, 0.2) is 12.5 Å². The molecule has 0 aliphatic heterocycles. The molecule has 21 heteroatoms. The van der Waals surface area contributed by atoms with Crippen molar-refractivity contribution in [1.82, 2.24) is 31.2 Å². The summed E-state index contributed by atoms with van der Waals surface area (Å²) in [6.07, 6.45) is 24.6. The molecule has 1 aromatic rings. The van der Waals surface area contributed by atoms with Gasteiger partial charge in [-0.2, -0.15) is 0 Å². The van der Waals surface area contributed by atoms with E-state index < -0.39 is 23.4 Å². The first-order valence-electron chi connectivity index (χ1n) is 29.3. The van der Waals surface area contributed by atoms with Crippen molar-refractivity contribution in [2.75, 3.05) is 73.0 Å². The number of ketones is 3. The smallest absolute Gasteiger partial charge is 0.326 e. The molecule has 0 radical (unpaired) electrons. The summed E-state index contributed by atoms with van der Waals surface area (Å²) in [5, 5.41) is 28.9. The monoisotopic (exact) mass is 1120 g/mol. The summed E-state index contributed by atoms with van der Waals surface area (Å²) in [6, 6.07) is -1.03. The highest BCUT2D eigenvalue weighted by Gasteiger charge is 2.35. The minimum atomic E-state index is -1.18. The molecule has 0 aliphatic rings. The molecule has 0 spiro atoms. The number of ether oxygens (including phenoxy) is 4. The number of aliphatic carboxylic acids is 2. The van der Waals surface area contributed by atoms with Crippen LogP contribution in [-0.2, 0) is 68.5 Å². The maximum atomic E-state index is 12.9. The van der Waals surface area contributed by atoms with E-state index in [1.165, 1.54) is 44.9 Å². The van der Waals surface area contributed by atoms with Gasteiger partial charge in [0.1, 0.15) is 35.4 Å². The van der Waals surface area contributed by atoms with Crippen LogP contribution in [0, 0.1) is 11.3 Å². The molecule has 0 bridgehead atoms. The number of rotatable bonds is 53. The van der Waals surface area contributed by atoms with E-state index in [2.05, 4.69) is 31.2 Å². The van der Waals surface area contributed by atoms with Crippen molar-refractivity contribution in [2.45, 2.75) is 214 Å². The first-order valence-corrected chi connectivity index (χ1v) is 29.3. The molecule has 0 saturated heterocycles. The van der Waals surface area contributed by atoms with Crippen molar-refractivity contribution in [3.63, 3.8) is 0 Å². The molecule has 21 nitrogen and oxygen atoms in total. The minimum absolute atomic E-state index is 0.0224. The number of methoxy groups -OCH3 is 1. The molecule has 1 aromatic heterocycles. The van der Waals surface area contributed by atoms with Gasteiger partial charge in [-0.05, 0) is 58.8 Å². The normalized spacial score (nSPS) is 11.9. The summed E-state index contributed by atoms with van der Waals surface area (Å²) < 4.78 is 20.8. The minimum Gasteiger partial charge on any atom is -0.481 e. The molecule has 7 N–H and O–H groups in total. The van der Waals surface area contributed by atoms with Crippen LogP contribution in [0.3, 0.4) is 0 Å². The molecule has 1 rings (SSSR count). The van der Waals surface area contributed by atoms with Crippen molar-refractivity contribution in [3.8, 4) is 0 Å². The molecule has 79 heavy (non-hydrogen) atoms. The number of carbonyl (C=O) groups is 9. The van der Waals surface area contributed by atoms with Gasteiger partial charge in [-0.25, -0.2) is 9.78 Å². The van der Waals surface area contributed by atoms with Gasteiger partial charge in [-0.3, -0.25) is 38.4 Å². The largest absolute Gasteiger partial charge is 0.481 e. The first-order chi connectivity index (χ1) is 38.0. The number of imidazole rings is 1. The van der Waals surface area contributed by atoms with Gasteiger partial charge in [-0.1, -0.05) is 97.3 Å². The van der Waals surface area contributed by atoms with Gasteiger partial charge in [0.15, 0.2) is 0 Å². The van der Waals surface area contributed by atoms with Crippen LogP contribution in [0.4, 0.5) is 0 Å². The fraction of sp³-hybridized carbons (Fsp3) is 0.793. The maximum Gasteiger partial charge on any atom is 0.326 e. The second-order valence-electron chi connectivity index (χ2n) is 20.5. The number of hydrogen-bond donors (Lipinski definition) is 7. The quantitative estimate of drug-likeness (QED) is 0.0244. The van der Waals surface area contributed by atoms with Gasteiger partial charge in [-0.15, -0.1) is 0 Å². The van der Waals surface area contributed by atoms with Crippen molar-refractivity contribution < 1.29 is 72.3 Å². The highest BCUT2D eigenvalue weighted by Crippen LogP contribution is 2.25. The Morgan fingerprint density at radius 1 is 0.570 bits per heavy atom. The van der Waals surface area contributed by atoms with Gasteiger partial charge in [0.05, 0.1) is 39.4 Å². The number of H-pyrrole nitrogens is 1. The Kier molecular flexibility index (Phi) is 46.7. The van der Waals surface area contributed by atoms with Gasteiger partial charge >= 0.3 is 11.9 Å². The molecule has 0 unspecified atom stereocenters. The summed E-state index contributed by atoms with van der Waals surface area (Å²) in [7, 11) is 1.59. The zero-order valence-corrected chi connectivity index (χ0v) is 48.8. The third kappa shape index (κ3) is 43.4. The third-order valence-corrected chi connectivity index (χ3v) is 13.4. The number of Topliss-reactive ketones (excluding diaryl/α,β-unsaturated/α-hetero) is 3. The van der Waals surface area contributed by atoms with Crippen LogP contribution in [0.5, 0.6) is 0 Å². The van der Waals surface area contributed by atoms with E-state index in [0.29, 0.717) is 110 Å². The van der Waals surface area contributed by atoms with Gasteiger partial charge in [0, 0.05) is 103 Å². The lowest BCUT2D eigenvalue weighted by molar-refractivity contribution is -0.142. The van der Waals surface area contributed by atoms with E-state index in [0.717, 1.165) is 57.1 Å². The topological polar surface area (TPSA) is 308 Å². The summed E-state index contributed by atoms with van der Waals surface area (Å²) in [5.74, 6) is -3.01. The van der Waals surface area contributed by atoms with E-state index in [1.54, 1.807) is 40.4 Å². The Morgan fingerprint density at radius 2 is 1.16 bits per heavy atom. The van der Waals surface area contributed by atoms with E-state index in [9.17, 15) is 48.3 Å². The van der Waals surface area contributed by atoms with Crippen LogP contribution in [0.1, 0.15) is 207 Å². The molecule has 0 fully saturated rings. The second-order valence-corrected chi connectivity index (χ2v) is 20.5. The first kappa shape index (κ1) is 73.9. The van der Waals surface area contributed by atoms with E-state index in [1.807, 2.05) is 6.92 Å². The SMILES string of the molecule is CCC(=O)NCCOCCOCC(=O)NCCCC[C@H](CCC(=O)C(C)(C)C(=O)NCCc1cnc[nH]1)C(=O)CC.COCCOCCCC(=O)CC[C@H](NC(=O)CCCCCCCCCCCCCCCCC(=O)O)C(=O)O. The Labute approximate surface area is 471 Å². The van der Waals surface area contributed by atoms with Gasteiger partial charge in [0.25, 0.3) is 0 Å². The molecule has 2 atom stereocenters. The highest BCUT2D eigenvalue weighted by atomic mass is 16.5. The molecule has 454 valence electrons. The number of hydrogen-bond acceptors (Lipinski definition) is 14. The highest BCUT2D eigenvalue weighted by molar-refractivity contribution is 6.05. The van der Waals surface area contributed by atoms with Crippen LogP contribution >= 0.6 is 0 Å². The lowest BCUT2D eigenvalue weighted by Gasteiger charge is -2.23. The van der Waals surface area contributed by atoms with Crippen LogP contribution in [0.25, 0.3) is 0 Å². The Balaban J connectivity index is 0.00000155. The standard InChI is InChI=1S/C29H49N5O7.C29H53NO8/c1-5-24(35)22(10-11-25(36)29(3,4)28(39)33-14-12-23-19-30-21-34-23)9-7-8-13-31-27(38)20-41-18-17-40-16-15-32-26(37)6-2;1-37-23-24-38-22-16-17-25(31)20-21-26(29(35)36)30-27(32)18-14-12-10-8-6-4-2-3-5-7-9-11-13-15-19-28(33)34/h19,21-22H,5-18,20H2,1-4H3,(H,30,34)(H,31,38)(H,32,37)(H,33,39);26H,2-24H2,1H3,(H,30,32)(H,33,34)(H,35,36)/t22-;26-/m10/s1. The number of aromatic nitrogens is 2. The zero-order chi connectivity index (χ0) is 58.8. The number of carboxylic acid groups (broad SMARTS) is 2. The molecule has 0 saturated carbocycles. The van der Waals surface area contributed by atoms with Crippen LogP contribution in [0.2, 0.25) is 0 Å². The molecule has 1 heterocycles. The molecule has 0 aliphatic carbocycles. The van der Waals surface area contributed by atoms with E-state index in [-0.39, 0.29) is 85.8 Å². The van der Waals surface area contributed by atoms with Crippen molar-refractivity contribution in [1.29, 1.82) is 0 Å². The van der Waals surface area contributed by atoms with E-state index in [4.69, 9.17) is 24.1 Å². The number of aromatic amines is 1. The van der Waals surface area contributed by atoms with Gasteiger partial charge in [0.2, 0.25) is 23.6 Å². The lowest BCUT2D eigenvalue weighted by Crippen LogP contribution is -2.43. The van der Waals surface area contributed by atoms with Crippen molar-refractivity contribution in [3.05, 3.63) is 18.2 Å². The summed E-state index contributed by atoms with van der Waals surface area (Å²) in [5.41, 5.74) is -0.282. The molecule has 4 amide bonds. The molecule has 0 aromatic carbocycles. The molecular formula is C58H102N6O15. The summed E-state index contributed by atoms with van der Waals surface area (Å²) in [4.78, 5) is 114. The number of unbranched alkanes of at least 4 members (excludes halogenated alkanes) is 14. The summed E-state index contributed by atoms with van der Waals surface area (Å²) >= 11 is 0. The Morgan fingerprint density at radius 3 is 1.75 bits per heavy atom. The maximum absolute atomic E-state index is 12.9. The number of nitrogens with zero attached hydrogens (tertiary/aromatic N) is 1. The second kappa shape index (κ2) is 49.9. The Bertz CT molecular complexity index is 1810. The number of carbonyl (C=O) groups excluding carboxylic acids is 7. The Hall–Kier alpha value is -5.12. The average molecular weight is 1120 g/mol. The number of carboxylic acids is 2. The van der Waals surface area contributed by atoms with Crippen molar-refractivity contribution >= 4 is 52.9 Å². The lowest BCUT2D eigenvalue weighted by atomic mass is 9.81. The predicted molar refractivity (Wildman–Crippen MR) is 301 cm³/mol. The van der Waals surface area contributed by atoms with Crippen molar-refractivity contribution in [2.24, 2.45) is 11.3 Å². The predicted octanol–water partition coefficient (Wildman–Crippen LogP) is 7.56. The number of amides is 4. The van der Waals surface area contributed by atoms with Gasteiger partial charge < -0.3 is 55.4 Å².